The molecule has 6 heteroatoms. The van der Waals surface area contributed by atoms with Crippen molar-refractivity contribution in [3.05, 3.63) is 30.1 Å². The fourth-order valence-corrected chi connectivity index (χ4v) is 2.56. The maximum atomic E-state index is 10.9. The number of rotatable bonds is 3. The van der Waals surface area contributed by atoms with Crippen molar-refractivity contribution >= 4 is 10.1 Å². The van der Waals surface area contributed by atoms with Crippen LogP contribution in [0.15, 0.2) is 24.4 Å². The second kappa shape index (κ2) is 3.80. The molecule has 1 aliphatic rings. The Hall–Kier alpha value is -0.980. The monoisotopic (exact) mass is 242 g/mol. The average molecular weight is 242 g/mol. The third-order valence-corrected chi connectivity index (χ3v) is 3.29. The molecule has 1 saturated carbocycles. The SMILES string of the molecule is CS(=O)(=O)OC1CC(N)(c2ccccn2)C1. The molecule has 1 aliphatic carbocycles. The minimum absolute atomic E-state index is 0.318. The van der Waals surface area contributed by atoms with Crippen molar-refractivity contribution in [3.63, 3.8) is 0 Å². The molecule has 0 amide bonds. The van der Waals surface area contributed by atoms with Gasteiger partial charge in [0.05, 0.1) is 23.6 Å². The number of pyridine rings is 1. The van der Waals surface area contributed by atoms with E-state index >= 15 is 0 Å². The maximum absolute atomic E-state index is 10.9. The molecule has 0 saturated heterocycles. The third-order valence-electron chi connectivity index (χ3n) is 2.67. The Morgan fingerprint density at radius 1 is 1.50 bits per heavy atom. The van der Waals surface area contributed by atoms with E-state index in [-0.39, 0.29) is 6.10 Å². The number of hydrogen-bond acceptors (Lipinski definition) is 5. The molecule has 0 atom stereocenters. The summed E-state index contributed by atoms with van der Waals surface area (Å²) in [7, 11) is -3.39. The normalized spacial score (nSPS) is 29.8. The zero-order valence-corrected chi connectivity index (χ0v) is 9.78. The van der Waals surface area contributed by atoms with Crippen molar-refractivity contribution in [2.75, 3.05) is 6.26 Å². The highest BCUT2D eigenvalue weighted by atomic mass is 32.2. The van der Waals surface area contributed by atoms with E-state index in [4.69, 9.17) is 9.92 Å². The van der Waals surface area contributed by atoms with Gasteiger partial charge in [0, 0.05) is 6.20 Å². The molecule has 2 rings (SSSR count). The van der Waals surface area contributed by atoms with Crippen LogP contribution in [0.25, 0.3) is 0 Å². The van der Waals surface area contributed by atoms with E-state index in [2.05, 4.69) is 4.98 Å². The second-order valence-electron chi connectivity index (χ2n) is 4.20. The smallest absolute Gasteiger partial charge is 0.264 e. The van der Waals surface area contributed by atoms with Crippen LogP contribution in [-0.2, 0) is 19.8 Å². The summed E-state index contributed by atoms with van der Waals surface area (Å²) in [5.41, 5.74) is 6.33. The van der Waals surface area contributed by atoms with E-state index in [0.717, 1.165) is 11.9 Å². The van der Waals surface area contributed by atoms with E-state index in [0.29, 0.717) is 12.8 Å². The van der Waals surface area contributed by atoms with Crippen molar-refractivity contribution in [2.24, 2.45) is 5.73 Å². The zero-order valence-electron chi connectivity index (χ0n) is 8.96. The Labute approximate surface area is 94.8 Å². The summed E-state index contributed by atoms with van der Waals surface area (Å²) in [5.74, 6) is 0. The first-order valence-electron chi connectivity index (χ1n) is 4.98. The van der Waals surface area contributed by atoms with Crippen LogP contribution in [0.3, 0.4) is 0 Å². The Balaban J connectivity index is 2.02. The van der Waals surface area contributed by atoms with Gasteiger partial charge >= 0.3 is 0 Å². The quantitative estimate of drug-likeness (QED) is 0.774. The van der Waals surface area contributed by atoms with Crippen LogP contribution in [0.1, 0.15) is 18.5 Å². The predicted octanol–water partition coefficient (Wildman–Crippen LogP) is 0.374. The summed E-state index contributed by atoms with van der Waals surface area (Å²) in [4.78, 5) is 4.17. The van der Waals surface area contributed by atoms with Gasteiger partial charge in [0.25, 0.3) is 10.1 Å². The molecule has 16 heavy (non-hydrogen) atoms. The summed E-state index contributed by atoms with van der Waals surface area (Å²) < 4.78 is 26.7. The maximum Gasteiger partial charge on any atom is 0.264 e. The molecule has 5 nitrogen and oxygen atoms in total. The van der Waals surface area contributed by atoms with E-state index in [9.17, 15) is 8.42 Å². The summed E-state index contributed by atoms with van der Waals surface area (Å²) in [5, 5.41) is 0. The number of nitrogens with two attached hydrogens (primary N) is 1. The van der Waals surface area contributed by atoms with Crippen LogP contribution in [0.4, 0.5) is 0 Å². The lowest BCUT2D eigenvalue weighted by Crippen LogP contribution is -2.53. The highest BCUT2D eigenvalue weighted by molar-refractivity contribution is 7.86. The van der Waals surface area contributed by atoms with Gasteiger partial charge in [-0.15, -0.1) is 0 Å². The highest BCUT2D eigenvalue weighted by Crippen LogP contribution is 2.40. The lowest BCUT2D eigenvalue weighted by Gasteiger charge is -2.43. The summed E-state index contributed by atoms with van der Waals surface area (Å²) in [6, 6.07) is 5.52. The van der Waals surface area contributed by atoms with Gasteiger partial charge in [-0.25, -0.2) is 0 Å². The topological polar surface area (TPSA) is 82.3 Å². The molecule has 1 aromatic heterocycles. The fraction of sp³-hybridized carbons (Fsp3) is 0.500. The highest BCUT2D eigenvalue weighted by Gasteiger charge is 2.45. The molecular formula is C10H14N2O3S. The van der Waals surface area contributed by atoms with Gasteiger partial charge in [0.1, 0.15) is 0 Å². The van der Waals surface area contributed by atoms with Crippen LogP contribution in [0.5, 0.6) is 0 Å². The molecule has 88 valence electrons. The lowest BCUT2D eigenvalue weighted by atomic mass is 9.73. The molecule has 0 spiro atoms. The second-order valence-corrected chi connectivity index (χ2v) is 5.80. The molecule has 1 aromatic rings. The lowest BCUT2D eigenvalue weighted by molar-refractivity contribution is 0.0451. The fourth-order valence-electron chi connectivity index (χ4n) is 1.93. The molecule has 1 fully saturated rings. The van der Waals surface area contributed by atoms with E-state index < -0.39 is 15.7 Å². The Morgan fingerprint density at radius 2 is 2.19 bits per heavy atom. The van der Waals surface area contributed by atoms with Crippen molar-refractivity contribution in [2.45, 2.75) is 24.5 Å². The van der Waals surface area contributed by atoms with Gasteiger partial charge in [-0.3, -0.25) is 9.17 Å². The van der Waals surface area contributed by atoms with Gasteiger partial charge < -0.3 is 5.73 Å². The van der Waals surface area contributed by atoms with Crippen LogP contribution >= 0.6 is 0 Å². The van der Waals surface area contributed by atoms with E-state index in [1.54, 1.807) is 6.20 Å². The minimum atomic E-state index is -3.39. The largest absolute Gasteiger partial charge is 0.320 e. The van der Waals surface area contributed by atoms with Crippen LogP contribution in [-0.4, -0.2) is 25.8 Å². The van der Waals surface area contributed by atoms with Crippen LogP contribution in [0, 0.1) is 0 Å². The van der Waals surface area contributed by atoms with Gasteiger partial charge in [-0.1, -0.05) is 6.07 Å². The van der Waals surface area contributed by atoms with Crippen LogP contribution in [0.2, 0.25) is 0 Å². The predicted molar refractivity (Wildman–Crippen MR) is 59.1 cm³/mol. The van der Waals surface area contributed by atoms with Gasteiger partial charge in [-0.05, 0) is 25.0 Å². The summed E-state index contributed by atoms with van der Waals surface area (Å²) in [6.45, 7) is 0. The molecule has 1 heterocycles. The molecule has 2 N–H and O–H groups in total. The molecule has 0 unspecified atom stereocenters. The first-order valence-corrected chi connectivity index (χ1v) is 6.79. The first-order chi connectivity index (χ1) is 7.39. The van der Waals surface area contributed by atoms with Gasteiger partial charge in [0.2, 0.25) is 0 Å². The molecule has 0 bridgehead atoms. The minimum Gasteiger partial charge on any atom is -0.320 e. The van der Waals surface area contributed by atoms with Crippen LogP contribution < -0.4 is 5.73 Å². The van der Waals surface area contributed by atoms with Gasteiger partial charge in [0.15, 0.2) is 0 Å². The zero-order chi connectivity index (χ0) is 11.8. The average Bonchev–Trinajstić information content (AvgIpc) is 2.14. The summed E-state index contributed by atoms with van der Waals surface area (Å²) >= 11 is 0. The number of hydrogen-bond donors (Lipinski definition) is 1. The standard InChI is InChI=1S/C10H14N2O3S/c1-16(13,14)15-8-6-10(11,7-8)9-4-2-3-5-12-9/h2-5,8H,6-7,11H2,1H3. The molecule has 0 aliphatic heterocycles. The van der Waals surface area contributed by atoms with Crippen molar-refractivity contribution in [1.82, 2.24) is 4.98 Å². The van der Waals surface area contributed by atoms with Crippen molar-refractivity contribution in [1.29, 1.82) is 0 Å². The molecule has 0 radical (unpaired) electrons. The summed E-state index contributed by atoms with van der Waals surface area (Å²) in [6.07, 6.45) is 3.37. The number of nitrogens with zero attached hydrogens (tertiary/aromatic N) is 1. The van der Waals surface area contributed by atoms with Crippen molar-refractivity contribution in [3.8, 4) is 0 Å². The van der Waals surface area contributed by atoms with E-state index in [1.807, 2.05) is 18.2 Å². The Kier molecular flexibility index (Phi) is 2.73. The first kappa shape index (κ1) is 11.5. The Morgan fingerprint density at radius 3 is 2.69 bits per heavy atom. The molecular weight excluding hydrogens is 228 g/mol. The third kappa shape index (κ3) is 2.40. The number of aromatic nitrogens is 1. The molecule has 0 aromatic carbocycles. The Bertz CT molecular complexity index is 466. The van der Waals surface area contributed by atoms with Crippen molar-refractivity contribution < 1.29 is 12.6 Å². The van der Waals surface area contributed by atoms with E-state index in [1.165, 1.54) is 0 Å². The van der Waals surface area contributed by atoms with Gasteiger partial charge in [-0.2, -0.15) is 8.42 Å².